The number of carbonyl (C=O) groups is 1. The van der Waals surface area contributed by atoms with Crippen LogP contribution in [-0.4, -0.2) is 11.1 Å². The van der Waals surface area contributed by atoms with Gasteiger partial charge in [0.05, 0.1) is 5.56 Å². The summed E-state index contributed by atoms with van der Waals surface area (Å²) in [5.74, 6) is -1.31. The minimum Gasteiger partial charge on any atom is -0.486 e. The van der Waals surface area contributed by atoms with Crippen LogP contribution in [0.3, 0.4) is 0 Å². The lowest BCUT2D eigenvalue weighted by Gasteiger charge is -2.10. The Hall–Kier alpha value is -2.40. The Morgan fingerprint density at radius 1 is 1.29 bits per heavy atom. The van der Waals surface area contributed by atoms with Gasteiger partial charge in [-0.05, 0) is 42.3 Å². The monoisotopic (exact) mass is 289 g/mol. The van der Waals surface area contributed by atoms with Crippen LogP contribution in [0.5, 0.6) is 5.75 Å². The van der Waals surface area contributed by atoms with Crippen LogP contribution >= 0.6 is 0 Å². The third kappa shape index (κ3) is 3.79. The average Bonchev–Trinajstić information content (AvgIpc) is 2.46. The van der Waals surface area contributed by atoms with E-state index in [1.807, 2.05) is 0 Å². The summed E-state index contributed by atoms with van der Waals surface area (Å²) in [6.07, 6.45) is 0. The molecule has 0 bridgehead atoms. The van der Waals surface area contributed by atoms with Crippen LogP contribution in [0.25, 0.3) is 0 Å². The highest BCUT2D eigenvalue weighted by Gasteiger charge is 2.08. The average molecular weight is 289 g/mol. The molecule has 0 radical (unpaired) electrons. The van der Waals surface area contributed by atoms with Gasteiger partial charge in [-0.25, -0.2) is 9.18 Å². The van der Waals surface area contributed by atoms with Gasteiger partial charge in [0.2, 0.25) is 0 Å². The normalized spacial score (nSPS) is 12.0. The van der Waals surface area contributed by atoms with Crippen LogP contribution in [0, 0.1) is 5.82 Å². The topological polar surface area (TPSA) is 72.5 Å². The first-order valence-electron chi connectivity index (χ1n) is 6.47. The van der Waals surface area contributed by atoms with E-state index in [-0.39, 0.29) is 24.0 Å². The molecule has 3 N–H and O–H groups in total. The number of carboxylic acids is 1. The van der Waals surface area contributed by atoms with Crippen molar-refractivity contribution >= 4 is 5.97 Å². The zero-order chi connectivity index (χ0) is 15.4. The summed E-state index contributed by atoms with van der Waals surface area (Å²) in [5.41, 5.74) is 7.34. The molecule has 2 rings (SSSR count). The van der Waals surface area contributed by atoms with Crippen LogP contribution in [0.15, 0.2) is 42.5 Å². The number of carboxylic acid groups (broad SMARTS) is 1. The van der Waals surface area contributed by atoms with Crippen LogP contribution in [-0.2, 0) is 6.61 Å². The van der Waals surface area contributed by atoms with Gasteiger partial charge in [-0.1, -0.05) is 18.2 Å². The molecule has 0 aliphatic carbocycles. The molecule has 0 unspecified atom stereocenters. The maximum Gasteiger partial charge on any atom is 0.335 e. The number of hydrogen-bond acceptors (Lipinski definition) is 3. The van der Waals surface area contributed by atoms with E-state index in [4.69, 9.17) is 15.6 Å². The summed E-state index contributed by atoms with van der Waals surface area (Å²) in [5, 5.41) is 8.80. The van der Waals surface area contributed by atoms with Gasteiger partial charge in [-0.2, -0.15) is 0 Å². The number of halogens is 1. The Kier molecular flexibility index (Phi) is 4.55. The van der Waals surface area contributed by atoms with E-state index in [2.05, 4.69) is 0 Å². The largest absolute Gasteiger partial charge is 0.486 e. The van der Waals surface area contributed by atoms with Crippen LogP contribution < -0.4 is 10.5 Å². The molecule has 21 heavy (non-hydrogen) atoms. The van der Waals surface area contributed by atoms with E-state index in [0.717, 1.165) is 5.56 Å². The Morgan fingerprint density at radius 3 is 2.48 bits per heavy atom. The van der Waals surface area contributed by atoms with Gasteiger partial charge in [0, 0.05) is 6.04 Å². The molecule has 0 aromatic heterocycles. The van der Waals surface area contributed by atoms with E-state index >= 15 is 0 Å². The summed E-state index contributed by atoms with van der Waals surface area (Å²) in [6.45, 7) is 1.94. The molecular formula is C16H16FNO3. The molecule has 1 atom stereocenters. The molecule has 5 heteroatoms. The first-order valence-corrected chi connectivity index (χ1v) is 6.47. The lowest BCUT2D eigenvalue weighted by atomic mass is 10.1. The second-order valence-electron chi connectivity index (χ2n) is 4.77. The minimum atomic E-state index is -0.986. The molecule has 0 aliphatic rings. The van der Waals surface area contributed by atoms with Crippen molar-refractivity contribution in [2.24, 2.45) is 5.73 Å². The Balaban J connectivity index is 2.04. The summed E-state index contributed by atoms with van der Waals surface area (Å²) in [4.78, 5) is 10.7. The lowest BCUT2D eigenvalue weighted by molar-refractivity contribution is 0.0697. The van der Waals surface area contributed by atoms with Crippen LogP contribution in [0.1, 0.15) is 34.5 Å². The predicted molar refractivity (Wildman–Crippen MR) is 76.7 cm³/mol. The molecule has 0 amide bonds. The van der Waals surface area contributed by atoms with Crippen molar-refractivity contribution in [3.63, 3.8) is 0 Å². The van der Waals surface area contributed by atoms with E-state index < -0.39 is 11.8 Å². The van der Waals surface area contributed by atoms with Gasteiger partial charge in [0.25, 0.3) is 0 Å². The van der Waals surface area contributed by atoms with E-state index in [1.54, 1.807) is 31.2 Å². The van der Waals surface area contributed by atoms with Gasteiger partial charge in [0.1, 0.15) is 6.61 Å². The standard InChI is InChI=1S/C16H16FNO3/c1-10(18)13-6-7-15(14(17)8-13)21-9-11-2-4-12(5-3-11)16(19)20/h2-8,10H,9,18H2,1H3,(H,19,20)/t10-/m1/s1. The van der Waals surface area contributed by atoms with Crippen molar-refractivity contribution in [3.8, 4) is 5.75 Å². The molecule has 0 heterocycles. The first-order chi connectivity index (χ1) is 9.97. The highest BCUT2D eigenvalue weighted by molar-refractivity contribution is 5.87. The highest BCUT2D eigenvalue weighted by atomic mass is 19.1. The Bertz CT molecular complexity index is 638. The summed E-state index contributed by atoms with van der Waals surface area (Å²) in [7, 11) is 0. The Morgan fingerprint density at radius 2 is 1.95 bits per heavy atom. The van der Waals surface area contributed by atoms with Gasteiger partial charge in [0.15, 0.2) is 11.6 Å². The van der Waals surface area contributed by atoms with Gasteiger partial charge in [-0.3, -0.25) is 0 Å². The molecule has 0 saturated heterocycles. The van der Waals surface area contributed by atoms with Crippen LogP contribution in [0.2, 0.25) is 0 Å². The predicted octanol–water partition coefficient (Wildman–Crippen LogP) is 3.12. The molecule has 0 spiro atoms. The fourth-order valence-corrected chi connectivity index (χ4v) is 1.82. The quantitative estimate of drug-likeness (QED) is 0.887. The van der Waals surface area contributed by atoms with Gasteiger partial charge in [-0.15, -0.1) is 0 Å². The fourth-order valence-electron chi connectivity index (χ4n) is 1.82. The molecule has 110 valence electrons. The maximum absolute atomic E-state index is 13.8. The number of ether oxygens (including phenoxy) is 1. The SMILES string of the molecule is C[C@@H](N)c1ccc(OCc2ccc(C(=O)O)cc2)c(F)c1. The van der Waals surface area contributed by atoms with Crippen molar-refractivity contribution in [2.75, 3.05) is 0 Å². The van der Waals surface area contributed by atoms with Gasteiger partial charge >= 0.3 is 5.97 Å². The third-order valence-electron chi connectivity index (χ3n) is 3.08. The number of benzene rings is 2. The second-order valence-corrected chi connectivity index (χ2v) is 4.77. The maximum atomic E-state index is 13.8. The van der Waals surface area contributed by atoms with Crippen molar-refractivity contribution in [1.82, 2.24) is 0 Å². The van der Waals surface area contributed by atoms with E-state index in [0.29, 0.717) is 5.56 Å². The van der Waals surface area contributed by atoms with E-state index in [9.17, 15) is 9.18 Å². The molecule has 2 aromatic rings. The minimum absolute atomic E-state index is 0.140. The summed E-state index contributed by atoms with van der Waals surface area (Å²) in [6, 6.07) is 10.6. The molecule has 0 fully saturated rings. The third-order valence-corrected chi connectivity index (χ3v) is 3.08. The Labute approximate surface area is 122 Å². The smallest absolute Gasteiger partial charge is 0.335 e. The zero-order valence-corrected chi connectivity index (χ0v) is 11.5. The number of hydrogen-bond donors (Lipinski definition) is 2. The second kappa shape index (κ2) is 6.37. The van der Waals surface area contributed by atoms with Crippen molar-refractivity contribution < 1.29 is 19.0 Å². The molecule has 0 saturated carbocycles. The lowest BCUT2D eigenvalue weighted by Crippen LogP contribution is -2.06. The fraction of sp³-hybridized carbons (Fsp3) is 0.188. The molecular weight excluding hydrogens is 273 g/mol. The number of nitrogens with two attached hydrogens (primary N) is 1. The summed E-state index contributed by atoms with van der Waals surface area (Å²) < 4.78 is 19.2. The highest BCUT2D eigenvalue weighted by Crippen LogP contribution is 2.22. The zero-order valence-electron chi connectivity index (χ0n) is 11.5. The van der Waals surface area contributed by atoms with Crippen LogP contribution in [0.4, 0.5) is 4.39 Å². The van der Waals surface area contributed by atoms with E-state index in [1.165, 1.54) is 18.2 Å². The van der Waals surface area contributed by atoms with Gasteiger partial charge < -0.3 is 15.6 Å². The molecule has 0 aliphatic heterocycles. The number of aromatic carboxylic acids is 1. The summed E-state index contributed by atoms with van der Waals surface area (Å²) >= 11 is 0. The molecule has 2 aromatic carbocycles. The first kappa shape index (κ1) is 15.0. The van der Waals surface area contributed by atoms with Crippen molar-refractivity contribution in [1.29, 1.82) is 0 Å². The number of rotatable bonds is 5. The molecule has 4 nitrogen and oxygen atoms in total. The van der Waals surface area contributed by atoms with Crippen molar-refractivity contribution in [3.05, 3.63) is 65.0 Å². The van der Waals surface area contributed by atoms with Crippen molar-refractivity contribution in [2.45, 2.75) is 19.6 Å².